The summed E-state index contributed by atoms with van der Waals surface area (Å²) in [7, 11) is 1.78. The van der Waals surface area contributed by atoms with Crippen LogP contribution in [0.2, 0.25) is 0 Å². The summed E-state index contributed by atoms with van der Waals surface area (Å²) in [5, 5.41) is 13.0. The Morgan fingerprint density at radius 3 is 2.76 bits per heavy atom. The van der Waals surface area contributed by atoms with Gasteiger partial charge in [0.25, 0.3) is 0 Å². The number of aryl methyl sites for hydroxylation is 1. The zero-order valence-electron chi connectivity index (χ0n) is 9.22. The van der Waals surface area contributed by atoms with Crippen LogP contribution in [-0.4, -0.2) is 20.9 Å². The van der Waals surface area contributed by atoms with Gasteiger partial charge in [-0.25, -0.2) is 0 Å². The van der Waals surface area contributed by atoms with Gasteiger partial charge in [0.1, 0.15) is 0 Å². The zero-order valence-corrected chi connectivity index (χ0v) is 10.8. The van der Waals surface area contributed by atoms with E-state index < -0.39 is 5.97 Å². The van der Waals surface area contributed by atoms with E-state index in [-0.39, 0.29) is 6.42 Å². The number of halogens is 1. The molecule has 0 fully saturated rings. The van der Waals surface area contributed by atoms with Gasteiger partial charge in [-0.1, -0.05) is 34.1 Å². The summed E-state index contributed by atoms with van der Waals surface area (Å²) in [6.07, 6.45) is 1.76. The number of benzene rings is 1. The highest BCUT2D eigenvalue weighted by molar-refractivity contribution is 9.10. The van der Waals surface area contributed by atoms with Crippen molar-refractivity contribution in [3.63, 3.8) is 0 Å². The first kappa shape index (κ1) is 11.9. The quantitative estimate of drug-likeness (QED) is 0.946. The van der Waals surface area contributed by atoms with Gasteiger partial charge in [0, 0.05) is 23.3 Å². The van der Waals surface area contributed by atoms with Crippen LogP contribution in [0.5, 0.6) is 0 Å². The molecule has 0 aliphatic rings. The third-order valence-corrected chi connectivity index (χ3v) is 3.08. The molecule has 0 spiro atoms. The average Bonchev–Trinajstić information content (AvgIpc) is 2.59. The molecular formula is C12H11BrN2O2. The Kier molecular flexibility index (Phi) is 3.28. The molecule has 5 heteroatoms. The van der Waals surface area contributed by atoms with Crippen molar-refractivity contribution in [3.8, 4) is 11.1 Å². The van der Waals surface area contributed by atoms with E-state index in [2.05, 4.69) is 21.0 Å². The third kappa shape index (κ3) is 2.55. The second-order valence-corrected chi connectivity index (χ2v) is 4.57. The molecule has 0 bridgehead atoms. The maximum atomic E-state index is 10.8. The predicted octanol–water partition coefficient (Wildman–Crippen LogP) is 2.48. The molecule has 0 radical (unpaired) electrons. The van der Waals surface area contributed by atoms with E-state index in [1.54, 1.807) is 11.7 Å². The highest BCUT2D eigenvalue weighted by Gasteiger charge is 2.14. The predicted molar refractivity (Wildman–Crippen MR) is 67.7 cm³/mol. The van der Waals surface area contributed by atoms with E-state index >= 15 is 0 Å². The SMILES string of the molecule is Cn1cc(-c2ccccc2Br)c(CC(=O)O)n1. The number of hydrogen-bond acceptors (Lipinski definition) is 2. The number of hydrogen-bond donors (Lipinski definition) is 1. The van der Waals surface area contributed by atoms with Gasteiger partial charge >= 0.3 is 5.97 Å². The van der Waals surface area contributed by atoms with Gasteiger partial charge in [-0.05, 0) is 11.6 Å². The van der Waals surface area contributed by atoms with Gasteiger partial charge in [-0.15, -0.1) is 0 Å². The van der Waals surface area contributed by atoms with E-state index in [0.29, 0.717) is 5.69 Å². The molecule has 0 atom stereocenters. The number of aliphatic carboxylic acids is 1. The molecule has 0 unspecified atom stereocenters. The van der Waals surface area contributed by atoms with Gasteiger partial charge in [0.2, 0.25) is 0 Å². The van der Waals surface area contributed by atoms with E-state index in [4.69, 9.17) is 5.11 Å². The minimum absolute atomic E-state index is 0.0719. The van der Waals surface area contributed by atoms with Gasteiger partial charge in [-0.2, -0.15) is 5.10 Å². The number of aromatic nitrogens is 2. The van der Waals surface area contributed by atoms with E-state index in [1.807, 2.05) is 30.5 Å². The second kappa shape index (κ2) is 4.71. The normalized spacial score (nSPS) is 10.5. The first-order valence-corrected chi connectivity index (χ1v) is 5.86. The van der Waals surface area contributed by atoms with E-state index in [1.165, 1.54) is 0 Å². The summed E-state index contributed by atoms with van der Waals surface area (Å²) in [5.74, 6) is -0.878. The van der Waals surface area contributed by atoms with Gasteiger partial charge in [-0.3, -0.25) is 9.48 Å². The molecule has 1 heterocycles. The molecule has 0 aliphatic heterocycles. The summed E-state index contributed by atoms with van der Waals surface area (Å²) >= 11 is 3.46. The van der Waals surface area contributed by atoms with Crippen LogP contribution in [-0.2, 0) is 18.3 Å². The zero-order chi connectivity index (χ0) is 12.4. The van der Waals surface area contributed by atoms with Gasteiger partial charge < -0.3 is 5.11 Å². The standard InChI is InChI=1S/C12H11BrN2O2/c1-15-7-9(11(14-15)6-12(16)17)8-4-2-3-5-10(8)13/h2-5,7H,6H2,1H3,(H,16,17). The van der Waals surface area contributed by atoms with Gasteiger partial charge in [0.15, 0.2) is 0 Å². The van der Waals surface area contributed by atoms with Crippen LogP contribution in [0.15, 0.2) is 34.9 Å². The Bertz CT molecular complexity index is 563. The molecule has 2 rings (SSSR count). The minimum Gasteiger partial charge on any atom is -0.481 e. The van der Waals surface area contributed by atoms with Crippen LogP contribution in [0.4, 0.5) is 0 Å². The lowest BCUT2D eigenvalue weighted by molar-refractivity contribution is -0.136. The molecule has 0 saturated heterocycles. The molecular weight excluding hydrogens is 284 g/mol. The van der Waals surface area contributed by atoms with Crippen molar-refractivity contribution in [1.82, 2.24) is 9.78 Å². The summed E-state index contributed by atoms with van der Waals surface area (Å²) in [5.41, 5.74) is 2.38. The smallest absolute Gasteiger partial charge is 0.309 e. The molecule has 88 valence electrons. The minimum atomic E-state index is -0.878. The van der Waals surface area contributed by atoms with Crippen molar-refractivity contribution < 1.29 is 9.90 Å². The average molecular weight is 295 g/mol. The second-order valence-electron chi connectivity index (χ2n) is 3.71. The molecule has 4 nitrogen and oxygen atoms in total. The Morgan fingerprint density at radius 1 is 1.41 bits per heavy atom. The van der Waals surface area contributed by atoms with E-state index in [9.17, 15) is 4.79 Å². The fourth-order valence-corrected chi connectivity index (χ4v) is 2.21. The van der Waals surface area contributed by atoms with Crippen molar-refractivity contribution in [2.45, 2.75) is 6.42 Å². The van der Waals surface area contributed by atoms with Crippen LogP contribution in [0.3, 0.4) is 0 Å². The van der Waals surface area contributed by atoms with Crippen molar-refractivity contribution in [2.75, 3.05) is 0 Å². The Balaban J connectivity index is 2.51. The third-order valence-electron chi connectivity index (χ3n) is 2.39. The lowest BCUT2D eigenvalue weighted by Gasteiger charge is -2.02. The van der Waals surface area contributed by atoms with Crippen LogP contribution in [0.1, 0.15) is 5.69 Å². The number of carboxylic acid groups (broad SMARTS) is 1. The first-order chi connectivity index (χ1) is 8.08. The Morgan fingerprint density at radius 2 is 2.12 bits per heavy atom. The Hall–Kier alpha value is -1.62. The fourth-order valence-electron chi connectivity index (χ4n) is 1.71. The van der Waals surface area contributed by atoms with Crippen LogP contribution < -0.4 is 0 Å². The lowest BCUT2D eigenvalue weighted by atomic mass is 10.1. The van der Waals surface area contributed by atoms with Gasteiger partial charge in [0.05, 0.1) is 12.1 Å². The topological polar surface area (TPSA) is 55.1 Å². The molecule has 0 amide bonds. The van der Waals surface area contributed by atoms with Crippen molar-refractivity contribution in [3.05, 3.63) is 40.6 Å². The molecule has 0 saturated carbocycles. The highest BCUT2D eigenvalue weighted by atomic mass is 79.9. The number of carboxylic acids is 1. The Labute approximate surface area is 107 Å². The van der Waals surface area contributed by atoms with Crippen LogP contribution >= 0.6 is 15.9 Å². The largest absolute Gasteiger partial charge is 0.481 e. The molecule has 1 aromatic carbocycles. The summed E-state index contributed by atoms with van der Waals surface area (Å²) in [4.78, 5) is 10.8. The maximum absolute atomic E-state index is 10.8. The summed E-state index contributed by atoms with van der Waals surface area (Å²) in [6, 6.07) is 7.69. The summed E-state index contributed by atoms with van der Waals surface area (Å²) < 4.78 is 2.56. The fraction of sp³-hybridized carbons (Fsp3) is 0.167. The van der Waals surface area contributed by atoms with Crippen molar-refractivity contribution in [2.24, 2.45) is 7.05 Å². The number of nitrogens with zero attached hydrogens (tertiary/aromatic N) is 2. The van der Waals surface area contributed by atoms with E-state index in [0.717, 1.165) is 15.6 Å². The van der Waals surface area contributed by atoms with Crippen molar-refractivity contribution >= 4 is 21.9 Å². The number of rotatable bonds is 3. The van der Waals surface area contributed by atoms with Crippen LogP contribution in [0.25, 0.3) is 11.1 Å². The highest BCUT2D eigenvalue weighted by Crippen LogP contribution is 2.30. The molecule has 0 aliphatic carbocycles. The van der Waals surface area contributed by atoms with Crippen LogP contribution in [0, 0.1) is 0 Å². The maximum Gasteiger partial charge on any atom is 0.309 e. The molecule has 2 aromatic rings. The summed E-state index contributed by atoms with van der Waals surface area (Å²) in [6.45, 7) is 0. The first-order valence-electron chi connectivity index (χ1n) is 5.07. The molecule has 1 aromatic heterocycles. The molecule has 17 heavy (non-hydrogen) atoms. The lowest BCUT2D eigenvalue weighted by Crippen LogP contribution is -2.02. The van der Waals surface area contributed by atoms with Crippen molar-refractivity contribution in [1.29, 1.82) is 0 Å². The monoisotopic (exact) mass is 294 g/mol. The molecule has 1 N–H and O–H groups in total. The number of carbonyl (C=O) groups is 1.